The largest absolute Gasteiger partial charge is 0.497 e. The fourth-order valence-corrected chi connectivity index (χ4v) is 1.78. The van der Waals surface area contributed by atoms with Crippen LogP contribution >= 0.6 is 0 Å². The fraction of sp³-hybridized carbons (Fsp3) is 0.417. The quantitative estimate of drug-likeness (QED) is 0.801. The van der Waals surface area contributed by atoms with E-state index < -0.39 is 0 Å². The zero-order valence-corrected chi connectivity index (χ0v) is 10.1. The van der Waals surface area contributed by atoms with Crippen LogP contribution in [0.5, 0.6) is 5.75 Å². The highest BCUT2D eigenvalue weighted by atomic mass is 16.5. The van der Waals surface area contributed by atoms with Crippen molar-refractivity contribution in [2.24, 2.45) is 0 Å². The first kappa shape index (κ1) is 11.7. The first-order valence-electron chi connectivity index (χ1n) is 5.63. The summed E-state index contributed by atoms with van der Waals surface area (Å²) in [6, 6.07) is 5.72. The van der Waals surface area contributed by atoms with Gasteiger partial charge in [-0.05, 0) is 19.1 Å². The highest BCUT2D eigenvalue weighted by molar-refractivity contribution is 5.79. The number of fused-ring (bicyclic) bond motifs is 1. The first-order chi connectivity index (χ1) is 8.26. The normalized spacial score (nSPS) is 10.9. The van der Waals surface area contributed by atoms with Crippen LogP contribution in [0, 0.1) is 0 Å². The second kappa shape index (κ2) is 5.05. The average molecular weight is 235 g/mol. The molecule has 2 rings (SSSR count). The van der Waals surface area contributed by atoms with Crippen LogP contribution in [0.25, 0.3) is 11.0 Å². The van der Waals surface area contributed by atoms with Crippen LogP contribution in [-0.2, 0) is 11.3 Å². The zero-order valence-electron chi connectivity index (χ0n) is 10.1. The Hall–Kier alpha value is -1.75. The van der Waals surface area contributed by atoms with Crippen LogP contribution in [-0.4, -0.2) is 29.9 Å². The summed E-state index contributed by atoms with van der Waals surface area (Å²) in [7, 11) is 1.64. The highest BCUT2D eigenvalue weighted by Crippen LogP contribution is 2.22. The van der Waals surface area contributed by atoms with Gasteiger partial charge in [0.15, 0.2) is 0 Å². The molecule has 2 N–H and O–H groups in total. The third-order valence-corrected chi connectivity index (χ3v) is 2.65. The van der Waals surface area contributed by atoms with Crippen molar-refractivity contribution in [3.8, 4) is 5.75 Å². The molecular weight excluding hydrogens is 218 g/mol. The Kier molecular flexibility index (Phi) is 3.49. The Balaban J connectivity index is 2.34. The van der Waals surface area contributed by atoms with Gasteiger partial charge in [0.05, 0.1) is 24.8 Å². The summed E-state index contributed by atoms with van der Waals surface area (Å²) in [5, 5.41) is 0. The van der Waals surface area contributed by atoms with Gasteiger partial charge in [0, 0.05) is 19.2 Å². The number of rotatable bonds is 5. The molecular formula is C12H17N3O2. The molecule has 92 valence electrons. The Morgan fingerprint density at radius 3 is 2.94 bits per heavy atom. The van der Waals surface area contributed by atoms with Gasteiger partial charge in [-0.25, -0.2) is 4.98 Å². The van der Waals surface area contributed by atoms with E-state index in [1.807, 2.05) is 29.7 Å². The fourth-order valence-electron chi connectivity index (χ4n) is 1.78. The average Bonchev–Trinajstić information content (AvgIpc) is 2.65. The molecule has 0 aliphatic heterocycles. The number of methoxy groups -OCH3 is 1. The number of nitrogen functional groups attached to an aromatic ring is 1. The Morgan fingerprint density at radius 2 is 2.24 bits per heavy atom. The van der Waals surface area contributed by atoms with Crippen LogP contribution in [0.15, 0.2) is 18.2 Å². The van der Waals surface area contributed by atoms with Crippen molar-refractivity contribution in [3.05, 3.63) is 18.2 Å². The van der Waals surface area contributed by atoms with Crippen molar-refractivity contribution >= 4 is 17.0 Å². The van der Waals surface area contributed by atoms with E-state index in [1.54, 1.807) is 7.11 Å². The van der Waals surface area contributed by atoms with Gasteiger partial charge >= 0.3 is 0 Å². The number of ether oxygens (including phenoxy) is 2. The van der Waals surface area contributed by atoms with Gasteiger partial charge in [-0.15, -0.1) is 0 Å². The molecule has 0 amide bonds. The number of nitrogens with two attached hydrogens (primary N) is 1. The number of nitrogens with zero attached hydrogens (tertiary/aromatic N) is 2. The predicted molar refractivity (Wildman–Crippen MR) is 67.2 cm³/mol. The molecule has 5 nitrogen and oxygen atoms in total. The number of hydrogen-bond acceptors (Lipinski definition) is 4. The second-order valence-corrected chi connectivity index (χ2v) is 3.67. The monoisotopic (exact) mass is 235 g/mol. The summed E-state index contributed by atoms with van der Waals surface area (Å²) in [5.74, 6) is 1.31. The third-order valence-electron chi connectivity index (χ3n) is 2.65. The minimum atomic E-state index is 0.507. The molecule has 0 atom stereocenters. The third kappa shape index (κ3) is 2.34. The Bertz CT molecular complexity index is 508. The van der Waals surface area contributed by atoms with Crippen molar-refractivity contribution in [2.45, 2.75) is 13.5 Å². The van der Waals surface area contributed by atoms with Gasteiger partial charge in [0.1, 0.15) is 5.75 Å². The lowest BCUT2D eigenvalue weighted by Gasteiger charge is -2.07. The van der Waals surface area contributed by atoms with Crippen molar-refractivity contribution in [1.29, 1.82) is 0 Å². The molecule has 0 radical (unpaired) electrons. The number of benzene rings is 1. The van der Waals surface area contributed by atoms with Crippen LogP contribution in [0.3, 0.4) is 0 Å². The molecule has 0 fully saturated rings. The molecule has 2 aromatic rings. The van der Waals surface area contributed by atoms with Crippen LogP contribution in [0.1, 0.15) is 6.92 Å². The first-order valence-corrected chi connectivity index (χ1v) is 5.63. The van der Waals surface area contributed by atoms with E-state index >= 15 is 0 Å². The molecule has 0 aliphatic rings. The lowest BCUT2D eigenvalue weighted by molar-refractivity contribution is 0.140. The van der Waals surface area contributed by atoms with Gasteiger partial charge in [-0.3, -0.25) is 0 Å². The Morgan fingerprint density at radius 1 is 1.41 bits per heavy atom. The lowest BCUT2D eigenvalue weighted by Crippen LogP contribution is -2.08. The van der Waals surface area contributed by atoms with Crippen molar-refractivity contribution in [2.75, 3.05) is 26.1 Å². The summed E-state index contributed by atoms with van der Waals surface area (Å²) >= 11 is 0. The number of aromatic nitrogens is 2. The molecule has 1 aromatic heterocycles. The van der Waals surface area contributed by atoms with E-state index in [2.05, 4.69) is 4.98 Å². The number of anilines is 1. The van der Waals surface area contributed by atoms with Gasteiger partial charge < -0.3 is 19.8 Å². The number of imidazole rings is 1. The van der Waals surface area contributed by atoms with Crippen LogP contribution in [0.2, 0.25) is 0 Å². The molecule has 1 aromatic carbocycles. The molecule has 5 heteroatoms. The van der Waals surface area contributed by atoms with Crippen LogP contribution < -0.4 is 10.5 Å². The van der Waals surface area contributed by atoms with Gasteiger partial charge in [-0.1, -0.05) is 0 Å². The maximum Gasteiger partial charge on any atom is 0.201 e. The van der Waals surface area contributed by atoms with E-state index in [4.69, 9.17) is 15.2 Å². The highest BCUT2D eigenvalue weighted by Gasteiger charge is 2.08. The molecule has 0 unspecified atom stereocenters. The summed E-state index contributed by atoms with van der Waals surface area (Å²) in [5.41, 5.74) is 7.73. The molecule has 0 spiro atoms. The standard InChI is InChI=1S/C12H17N3O2/c1-3-17-7-6-15-11-8-9(16-2)4-5-10(11)14-12(15)13/h4-5,8H,3,6-7H2,1-2H3,(H2,13,14). The minimum Gasteiger partial charge on any atom is -0.497 e. The van der Waals surface area contributed by atoms with Crippen LogP contribution in [0.4, 0.5) is 5.95 Å². The Labute approximate surface area is 100 Å². The second-order valence-electron chi connectivity index (χ2n) is 3.67. The number of hydrogen-bond donors (Lipinski definition) is 1. The van der Waals surface area contributed by atoms with Gasteiger partial charge in [0.25, 0.3) is 0 Å². The van der Waals surface area contributed by atoms with Gasteiger partial charge in [0.2, 0.25) is 5.95 Å². The molecule has 0 saturated heterocycles. The topological polar surface area (TPSA) is 62.3 Å². The van der Waals surface area contributed by atoms with Crippen molar-refractivity contribution in [3.63, 3.8) is 0 Å². The molecule has 0 bridgehead atoms. The zero-order chi connectivity index (χ0) is 12.3. The molecule has 0 aliphatic carbocycles. The summed E-state index contributed by atoms with van der Waals surface area (Å²) in [6.07, 6.45) is 0. The molecule has 17 heavy (non-hydrogen) atoms. The minimum absolute atomic E-state index is 0.507. The summed E-state index contributed by atoms with van der Waals surface area (Å²) in [4.78, 5) is 4.30. The summed E-state index contributed by atoms with van der Waals surface area (Å²) in [6.45, 7) is 4.00. The smallest absolute Gasteiger partial charge is 0.201 e. The molecule has 0 saturated carbocycles. The lowest BCUT2D eigenvalue weighted by atomic mass is 10.3. The molecule has 1 heterocycles. The van der Waals surface area contributed by atoms with Gasteiger partial charge in [-0.2, -0.15) is 0 Å². The van der Waals surface area contributed by atoms with E-state index in [-0.39, 0.29) is 0 Å². The van der Waals surface area contributed by atoms with Crippen molar-refractivity contribution in [1.82, 2.24) is 9.55 Å². The van der Waals surface area contributed by atoms with Crippen molar-refractivity contribution < 1.29 is 9.47 Å². The maximum atomic E-state index is 5.88. The van der Waals surface area contributed by atoms with E-state index in [1.165, 1.54) is 0 Å². The van der Waals surface area contributed by atoms with E-state index in [0.29, 0.717) is 25.7 Å². The van der Waals surface area contributed by atoms with E-state index in [9.17, 15) is 0 Å². The SMILES string of the molecule is CCOCCn1c(N)nc2ccc(OC)cc21. The van der Waals surface area contributed by atoms with E-state index in [0.717, 1.165) is 16.8 Å². The summed E-state index contributed by atoms with van der Waals surface area (Å²) < 4.78 is 12.5. The maximum absolute atomic E-state index is 5.88. The predicted octanol–water partition coefficient (Wildman–Crippen LogP) is 1.66.